The molecule has 0 aliphatic carbocycles. The van der Waals surface area contributed by atoms with E-state index in [1.807, 2.05) is 12.2 Å². The largest absolute Gasteiger partial charge is 0.298 e. The summed E-state index contributed by atoms with van der Waals surface area (Å²) in [5.74, 6) is 0.355. The van der Waals surface area contributed by atoms with E-state index in [4.69, 9.17) is 0 Å². The summed E-state index contributed by atoms with van der Waals surface area (Å²) in [6, 6.07) is 0.0595. The van der Waals surface area contributed by atoms with Crippen molar-refractivity contribution in [2.45, 2.75) is 25.3 Å². The van der Waals surface area contributed by atoms with Crippen molar-refractivity contribution in [1.82, 2.24) is 4.90 Å². The third kappa shape index (κ3) is 2.52. The maximum atomic E-state index is 11.5. The van der Waals surface area contributed by atoms with Crippen LogP contribution in [0, 0.1) is 0 Å². The Labute approximate surface area is 79.9 Å². The standard InChI is InChI=1S/C11H17NO/c1-3-6-10-11(13)7-5-9-12(10)8-4-2/h3-4,10H,1-2,5-9H2. The first-order valence-electron chi connectivity index (χ1n) is 4.78. The molecule has 1 rings (SSSR count). The maximum Gasteiger partial charge on any atom is 0.150 e. The van der Waals surface area contributed by atoms with Crippen LogP contribution in [-0.2, 0) is 4.79 Å². The molecule has 2 nitrogen and oxygen atoms in total. The summed E-state index contributed by atoms with van der Waals surface area (Å²) < 4.78 is 0. The van der Waals surface area contributed by atoms with Gasteiger partial charge in [-0.25, -0.2) is 0 Å². The molecule has 0 aromatic carbocycles. The molecule has 0 spiro atoms. The minimum absolute atomic E-state index is 0.0595. The normalized spacial score (nSPS) is 24.3. The van der Waals surface area contributed by atoms with Crippen molar-refractivity contribution >= 4 is 5.78 Å². The smallest absolute Gasteiger partial charge is 0.150 e. The topological polar surface area (TPSA) is 20.3 Å². The van der Waals surface area contributed by atoms with Crippen LogP contribution in [0.15, 0.2) is 25.3 Å². The van der Waals surface area contributed by atoms with Gasteiger partial charge in [-0.2, -0.15) is 0 Å². The molecule has 0 bridgehead atoms. The number of rotatable bonds is 4. The molecule has 0 N–H and O–H groups in total. The number of hydrogen-bond acceptors (Lipinski definition) is 2. The van der Waals surface area contributed by atoms with Gasteiger partial charge >= 0.3 is 0 Å². The lowest BCUT2D eigenvalue weighted by Crippen LogP contribution is -2.45. The summed E-state index contributed by atoms with van der Waals surface area (Å²) in [5, 5.41) is 0. The highest BCUT2D eigenvalue weighted by Gasteiger charge is 2.27. The highest BCUT2D eigenvalue weighted by molar-refractivity contribution is 5.84. The summed E-state index contributed by atoms with van der Waals surface area (Å²) >= 11 is 0. The minimum atomic E-state index is 0.0595. The van der Waals surface area contributed by atoms with Crippen LogP contribution in [0.3, 0.4) is 0 Å². The van der Waals surface area contributed by atoms with Crippen LogP contribution in [0.1, 0.15) is 19.3 Å². The van der Waals surface area contributed by atoms with Crippen LogP contribution < -0.4 is 0 Å². The molecule has 0 saturated carbocycles. The van der Waals surface area contributed by atoms with Crippen molar-refractivity contribution in [1.29, 1.82) is 0 Å². The predicted molar refractivity (Wildman–Crippen MR) is 54.6 cm³/mol. The Morgan fingerprint density at radius 3 is 2.85 bits per heavy atom. The number of carbonyl (C=O) groups is 1. The van der Waals surface area contributed by atoms with Gasteiger partial charge in [0.05, 0.1) is 6.04 Å². The third-order valence-corrected chi connectivity index (χ3v) is 2.43. The molecular formula is C11H17NO. The number of ketones is 1. The second-order valence-corrected chi connectivity index (χ2v) is 3.39. The lowest BCUT2D eigenvalue weighted by atomic mass is 9.98. The first-order chi connectivity index (χ1) is 6.29. The van der Waals surface area contributed by atoms with E-state index < -0.39 is 0 Å². The third-order valence-electron chi connectivity index (χ3n) is 2.43. The fourth-order valence-corrected chi connectivity index (χ4v) is 1.81. The van der Waals surface area contributed by atoms with E-state index in [0.29, 0.717) is 5.78 Å². The summed E-state index contributed by atoms with van der Waals surface area (Å²) in [6.07, 6.45) is 6.16. The van der Waals surface area contributed by atoms with Gasteiger partial charge in [0.1, 0.15) is 5.78 Å². The van der Waals surface area contributed by atoms with Gasteiger partial charge in [0, 0.05) is 13.0 Å². The second-order valence-electron chi connectivity index (χ2n) is 3.39. The lowest BCUT2D eigenvalue weighted by Gasteiger charge is -2.32. The van der Waals surface area contributed by atoms with E-state index in [1.165, 1.54) is 0 Å². The van der Waals surface area contributed by atoms with E-state index in [9.17, 15) is 4.79 Å². The predicted octanol–water partition coefficient (Wildman–Crippen LogP) is 1.78. The number of hydrogen-bond donors (Lipinski definition) is 0. The average molecular weight is 179 g/mol. The molecule has 0 aromatic rings. The number of nitrogens with zero attached hydrogens (tertiary/aromatic N) is 1. The highest BCUT2D eigenvalue weighted by atomic mass is 16.1. The molecule has 1 heterocycles. The summed E-state index contributed by atoms with van der Waals surface area (Å²) in [6.45, 7) is 9.19. The Kier molecular flexibility index (Phi) is 3.90. The SMILES string of the molecule is C=CCC1C(=O)CCCN1CC=C. The molecular weight excluding hydrogens is 162 g/mol. The first kappa shape index (κ1) is 10.2. The number of carbonyl (C=O) groups excluding carboxylic acids is 1. The summed E-state index contributed by atoms with van der Waals surface area (Å²) in [7, 11) is 0. The van der Waals surface area contributed by atoms with Crippen LogP contribution in [-0.4, -0.2) is 29.8 Å². The number of Topliss-reactive ketones (excluding diaryl/α,β-unsaturated/α-hetero) is 1. The fourth-order valence-electron chi connectivity index (χ4n) is 1.81. The van der Waals surface area contributed by atoms with Gasteiger partial charge in [-0.05, 0) is 19.4 Å². The molecule has 0 aromatic heterocycles. The Balaban J connectivity index is 2.61. The minimum Gasteiger partial charge on any atom is -0.298 e. The van der Waals surface area contributed by atoms with Gasteiger partial charge in [-0.3, -0.25) is 9.69 Å². The van der Waals surface area contributed by atoms with Gasteiger partial charge in [0.25, 0.3) is 0 Å². The first-order valence-corrected chi connectivity index (χ1v) is 4.78. The molecule has 1 aliphatic heterocycles. The van der Waals surface area contributed by atoms with Gasteiger partial charge in [0.15, 0.2) is 0 Å². The monoisotopic (exact) mass is 179 g/mol. The van der Waals surface area contributed by atoms with E-state index in [-0.39, 0.29) is 6.04 Å². The average Bonchev–Trinajstić information content (AvgIpc) is 2.11. The van der Waals surface area contributed by atoms with Gasteiger partial charge in [-0.1, -0.05) is 12.2 Å². The Morgan fingerprint density at radius 1 is 1.46 bits per heavy atom. The van der Waals surface area contributed by atoms with Gasteiger partial charge < -0.3 is 0 Å². The summed E-state index contributed by atoms with van der Waals surface area (Å²) in [5.41, 5.74) is 0. The van der Waals surface area contributed by atoms with E-state index >= 15 is 0 Å². The molecule has 0 amide bonds. The molecule has 1 fully saturated rings. The Hall–Kier alpha value is -0.890. The Bertz CT molecular complexity index is 210. The number of likely N-dealkylation sites (tertiary alicyclic amines) is 1. The van der Waals surface area contributed by atoms with Crippen molar-refractivity contribution in [2.75, 3.05) is 13.1 Å². The van der Waals surface area contributed by atoms with Crippen molar-refractivity contribution in [3.8, 4) is 0 Å². The van der Waals surface area contributed by atoms with E-state index in [2.05, 4.69) is 18.1 Å². The maximum absolute atomic E-state index is 11.5. The highest BCUT2D eigenvalue weighted by Crippen LogP contribution is 2.16. The van der Waals surface area contributed by atoms with Crippen LogP contribution in [0.4, 0.5) is 0 Å². The van der Waals surface area contributed by atoms with Crippen LogP contribution in [0.25, 0.3) is 0 Å². The van der Waals surface area contributed by atoms with Crippen molar-refractivity contribution in [3.63, 3.8) is 0 Å². The van der Waals surface area contributed by atoms with Crippen molar-refractivity contribution in [3.05, 3.63) is 25.3 Å². The molecule has 1 aliphatic rings. The van der Waals surface area contributed by atoms with Gasteiger partial charge in [-0.15, -0.1) is 13.2 Å². The fraction of sp³-hybridized carbons (Fsp3) is 0.545. The summed E-state index contributed by atoms with van der Waals surface area (Å²) in [4.78, 5) is 13.7. The van der Waals surface area contributed by atoms with Gasteiger partial charge in [0.2, 0.25) is 0 Å². The molecule has 13 heavy (non-hydrogen) atoms. The van der Waals surface area contributed by atoms with Crippen molar-refractivity contribution in [2.24, 2.45) is 0 Å². The lowest BCUT2D eigenvalue weighted by molar-refractivity contribution is -0.126. The zero-order valence-corrected chi connectivity index (χ0v) is 8.04. The van der Waals surface area contributed by atoms with Crippen LogP contribution >= 0.6 is 0 Å². The van der Waals surface area contributed by atoms with E-state index in [1.54, 1.807) is 0 Å². The second kappa shape index (κ2) is 4.97. The zero-order valence-electron chi connectivity index (χ0n) is 8.04. The molecule has 2 heteroatoms. The molecule has 1 atom stereocenters. The molecule has 1 unspecified atom stereocenters. The quantitative estimate of drug-likeness (QED) is 0.613. The molecule has 1 saturated heterocycles. The molecule has 0 radical (unpaired) electrons. The van der Waals surface area contributed by atoms with E-state index in [0.717, 1.165) is 32.4 Å². The zero-order chi connectivity index (χ0) is 9.68. The van der Waals surface area contributed by atoms with Crippen molar-refractivity contribution < 1.29 is 4.79 Å². The van der Waals surface area contributed by atoms with Crippen LogP contribution in [0.2, 0.25) is 0 Å². The Morgan fingerprint density at radius 2 is 2.23 bits per heavy atom. The van der Waals surface area contributed by atoms with Crippen LogP contribution in [0.5, 0.6) is 0 Å². The molecule has 72 valence electrons. The number of piperidine rings is 1.